The van der Waals surface area contributed by atoms with Gasteiger partial charge < -0.3 is 35.1 Å². The van der Waals surface area contributed by atoms with Gasteiger partial charge in [-0.05, 0) is 59.9 Å². The Morgan fingerprint density at radius 1 is 0.960 bits per heavy atom. The zero-order valence-electron chi connectivity index (χ0n) is 27.6. The second-order valence-corrected chi connectivity index (χ2v) is 12.7. The Morgan fingerprint density at radius 3 is 2.60 bits per heavy atom. The molecule has 1 aliphatic rings. The third-order valence-corrected chi connectivity index (χ3v) is 9.25. The minimum absolute atomic E-state index is 0.0354. The van der Waals surface area contributed by atoms with Gasteiger partial charge in [0.2, 0.25) is 5.56 Å². The van der Waals surface area contributed by atoms with Crippen LogP contribution in [0.2, 0.25) is 0 Å². The number of hydrogen-bond acceptors (Lipinski definition) is 8. The van der Waals surface area contributed by atoms with Crippen molar-refractivity contribution in [2.24, 2.45) is 0 Å². The molecule has 0 unspecified atom stereocenters. The molecule has 0 aliphatic carbocycles. The van der Waals surface area contributed by atoms with Crippen molar-refractivity contribution in [1.29, 1.82) is 0 Å². The summed E-state index contributed by atoms with van der Waals surface area (Å²) in [6, 6.07) is 29.9. The molecule has 0 spiro atoms. The molecule has 1 fully saturated rings. The van der Waals surface area contributed by atoms with Crippen LogP contribution in [0.3, 0.4) is 0 Å². The Morgan fingerprint density at radius 2 is 1.76 bits per heavy atom. The number of rotatable bonds is 11. The number of H-pyrrole nitrogens is 2. The fourth-order valence-electron chi connectivity index (χ4n) is 6.62. The second-order valence-electron chi connectivity index (χ2n) is 12.7. The van der Waals surface area contributed by atoms with Crippen molar-refractivity contribution in [2.75, 3.05) is 31.5 Å². The number of aromatic nitrogens is 3. The minimum atomic E-state index is -0.831. The summed E-state index contributed by atoms with van der Waals surface area (Å²) in [5.41, 5.74) is 6.26. The number of carbonyl (C=O) groups is 1. The van der Waals surface area contributed by atoms with E-state index in [-0.39, 0.29) is 17.4 Å². The van der Waals surface area contributed by atoms with Gasteiger partial charge in [0, 0.05) is 56.2 Å². The molecule has 11 heteroatoms. The number of hydrogen-bond donors (Lipinski definition) is 6. The highest BCUT2D eigenvalue weighted by Gasteiger charge is 2.23. The largest absolute Gasteiger partial charge is 0.506 e. The average Bonchev–Trinajstić information content (AvgIpc) is 3.54. The number of pyridine rings is 1. The molecule has 256 valence electrons. The molecular weight excluding hydrogens is 632 g/mol. The molecule has 7 rings (SSSR count). The van der Waals surface area contributed by atoms with Crippen molar-refractivity contribution >= 4 is 33.7 Å². The summed E-state index contributed by atoms with van der Waals surface area (Å²) in [4.78, 5) is 37.7. The van der Waals surface area contributed by atoms with Crippen LogP contribution in [-0.4, -0.2) is 68.4 Å². The third kappa shape index (κ3) is 7.70. The van der Waals surface area contributed by atoms with Crippen LogP contribution in [0.1, 0.15) is 35.9 Å². The molecule has 0 bridgehead atoms. The van der Waals surface area contributed by atoms with Crippen molar-refractivity contribution in [3.05, 3.63) is 124 Å². The van der Waals surface area contributed by atoms with Crippen molar-refractivity contribution in [1.82, 2.24) is 25.2 Å². The van der Waals surface area contributed by atoms with E-state index in [0.717, 1.165) is 78.1 Å². The molecule has 1 amide bonds. The molecule has 6 N–H and O–H groups in total. The third-order valence-electron chi connectivity index (χ3n) is 9.25. The summed E-state index contributed by atoms with van der Waals surface area (Å²) >= 11 is 0. The van der Waals surface area contributed by atoms with E-state index in [1.54, 1.807) is 12.1 Å². The first-order chi connectivity index (χ1) is 24.4. The van der Waals surface area contributed by atoms with Crippen LogP contribution in [0.4, 0.5) is 10.5 Å². The molecule has 2 aromatic heterocycles. The van der Waals surface area contributed by atoms with Gasteiger partial charge in [-0.1, -0.05) is 60.7 Å². The standard InChI is InChI=1S/C39H40N6O5/c46-34-14-11-29(30-12-15-37(48)44-38(30)34)35(47)24-40-23-25-10-13-32-33(22-25)42-36(41-32)18-21-45-19-16-27(17-20-45)50-39(49)43-31-9-5-4-8-28(31)26-6-2-1-3-7-26/h1-15,22,27,35,40,46-47H,16-21,23-24H2,(H,41,42)(H,43,49)(H,44,48)/t35-/m0/s1. The van der Waals surface area contributed by atoms with E-state index < -0.39 is 12.2 Å². The Hall–Kier alpha value is -5.49. The number of phenols is 1. The fourth-order valence-corrected chi connectivity index (χ4v) is 6.62. The number of imidazole rings is 1. The maximum atomic E-state index is 12.8. The average molecular weight is 673 g/mol. The maximum Gasteiger partial charge on any atom is 0.411 e. The summed E-state index contributed by atoms with van der Waals surface area (Å²) in [6.45, 7) is 3.38. The van der Waals surface area contributed by atoms with Gasteiger partial charge in [-0.3, -0.25) is 10.1 Å². The number of likely N-dealkylation sites (tertiary alicyclic amines) is 1. The van der Waals surface area contributed by atoms with Gasteiger partial charge in [0.1, 0.15) is 17.7 Å². The van der Waals surface area contributed by atoms with Gasteiger partial charge >= 0.3 is 6.09 Å². The number of nitrogens with one attached hydrogen (secondary N) is 4. The first-order valence-electron chi connectivity index (χ1n) is 17.0. The SMILES string of the molecule is O=C(Nc1ccccc1-c1ccccc1)OC1CCN(CCc2nc3ccc(CNC[C@H](O)c4ccc(O)c5[nH]c(=O)ccc45)cc3[nH]2)CC1. The van der Waals surface area contributed by atoms with E-state index in [1.807, 2.05) is 66.7 Å². The maximum absolute atomic E-state index is 12.8. The van der Waals surface area contributed by atoms with Crippen LogP contribution in [0, 0.1) is 0 Å². The Kier molecular flexibility index (Phi) is 9.88. The number of aliphatic hydroxyl groups is 1. The van der Waals surface area contributed by atoms with Crippen LogP contribution in [0.25, 0.3) is 33.1 Å². The van der Waals surface area contributed by atoms with Crippen LogP contribution in [0.15, 0.2) is 102 Å². The van der Waals surface area contributed by atoms with Crippen LogP contribution in [0.5, 0.6) is 5.75 Å². The molecular formula is C39H40N6O5. The highest BCUT2D eigenvalue weighted by atomic mass is 16.6. The molecule has 3 heterocycles. The highest BCUT2D eigenvalue weighted by Crippen LogP contribution is 2.29. The number of ether oxygens (including phenoxy) is 1. The van der Waals surface area contributed by atoms with Gasteiger partial charge in [-0.2, -0.15) is 0 Å². The number of para-hydroxylation sites is 1. The van der Waals surface area contributed by atoms with Crippen LogP contribution >= 0.6 is 0 Å². The number of piperidine rings is 1. The topological polar surface area (TPSA) is 156 Å². The number of phenolic OH excluding ortho intramolecular Hbond substituents is 1. The molecule has 1 aliphatic heterocycles. The number of aromatic amines is 2. The molecule has 50 heavy (non-hydrogen) atoms. The minimum Gasteiger partial charge on any atom is -0.506 e. The predicted octanol–water partition coefficient (Wildman–Crippen LogP) is 5.86. The summed E-state index contributed by atoms with van der Waals surface area (Å²) in [5, 5.41) is 27.8. The molecule has 4 aromatic carbocycles. The molecule has 1 atom stereocenters. The van der Waals surface area contributed by atoms with E-state index in [4.69, 9.17) is 9.72 Å². The number of anilines is 1. The summed E-state index contributed by atoms with van der Waals surface area (Å²) in [6.07, 6.45) is 0.957. The van der Waals surface area contributed by atoms with Gasteiger partial charge in [0.05, 0.1) is 28.3 Å². The summed E-state index contributed by atoms with van der Waals surface area (Å²) in [7, 11) is 0. The number of nitrogens with zero attached hydrogens (tertiary/aromatic N) is 2. The Balaban J connectivity index is 0.863. The van der Waals surface area contributed by atoms with Crippen molar-refractivity contribution in [3.8, 4) is 16.9 Å². The quantitative estimate of drug-likeness (QED) is 0.100. The van der Waals surface area contributed by atoms with Crippen molar-refractivity contribution < 1.29 is 19.7 Å². The molecule has 11 nitrogen and oxygen atoms in total. The Bertz CT molecular complexity index is 2160. The van der Waals surface area contributed by atoms with Gasteiger partial charge in [0.25, 0.3) is 0 Å². The van der Waals surface area contributed by atoms with Gasteiger partial charge in [-0.15, -0.1) is 0 Å². The zero-order valence-corrected chi connectivity index (χ0v) is 27.6. The number of benzene rings is 4. The van der Waals surface area contributed by atoms with Crippen molar-refractivity contribution in [3.63, 3.8) is 0 Å². The van der Waals surface area contributed by atoms with E-state index in [1.165, 1.54) is 12.1 Å². The number of carbonyl (C=O) groups excluding carboxylic acids is 1. The fraction of sp³-hybridized carbons (Fsp3) is 0.256. The predicted molar refractivity (Wildman–Crippen MR) is 194 cm³/mol. The number of fused-ring (bicyclic) bond motifs is 2. The molecule has 6 aromatic rings. The summed E-state index contributed by atoms with van der Waals surface area (Å²) < 4.78 is 5.80. The van der Waals surface area contributed by atoms with Crippen LogP contribution < -0.4 is 16.2 Å². The number of amides is 1. The first-order valence-corrected chi connectivity index (χ1v) is 17.0. The molecule has 0 radical (unpaired) electrons. The van der Waals surface area contributed by atoms with Crippen LogP contribution in [-0.2, 0) is 17.7 Å². The Labute approximate surface area is 289 Å². The molecule has 0 saturated carbocycles. The zero-order chi connectivity index (χ0) is 34.5. The lowest BCUT2D eigenvalue weighted by atomic mass is 10.0. The number of aliphatic hydroxyl groups excluding tert-OH is 1. The highest BCUT2D eigenvalue weighted by molar-refractivity contribution is 5.91. The van der Waals surface area contributed by atoms with E-state index in [9.17, 15) is 19.8 Å². The smallest absolute Gasteiger partial charge is 0.411 e. The number of aromatic hydroxyl groups is 1. The molecule has 1 saturated heterocycles. The lowest BCUT2D eigenvalue weighted by molar-refractivity contribution is 0.0592. The monoisotopic (exact) mass is 672 g/mol. The van der Waals surface area contributed by atoms with E-state index in [0.29, 0.717) is 29.6 Å². The lowest BCUT2D eigenvalue weighted by Crippen LogP contribution is -2.39. The van der Waals surface area contributed by atoms with Gasteiger partial charge in [-0.25, -0.2) is 9.78 Å². The first kappa shape index (κ1) is 33.0. The van der Waals surface area contributed by atoms with E-state index in [2.05, 4.69) is 31.6 Å². The normalized spacial score (nSPS) is 14.6. The van der Waals surface area contributed by atoms with E-state index >= 15 is 0 Å². The van der Waals surface area contributed by atoms with Crippen molar-refractivity contribution in [2.45, 2.75) is 38.0 Å². The van der Waals surface area contributed by atoms with Gasteiger partial charge in [0.15, 0.2) is 0 Å². The second kappa shape index (κ2) is 15.0. The summed E-state index contributed by atoms with van der Waals surface area (Å²) in [5.74, 6) is 0.888. The lowest BCUT2D eigenvalue weighted by Gasteiger charge is -2.31.